The van der Waals surface area contributed by atoms with E-state index in [1.165, 1.54) is 18.2 Å². The highest BCUT2D eigenvalue weighted by Crippen LogP contribution is 2.33. The zero-order valence-corrected chi connectivity index (χ0v) is 23.2. The normalized spacial score (nSPS) is 18.4. The third kappa shape index (κ3) is 5.88. The van der Waals surface area contributed by atoms with Gasteiger partial charge < -0.3 is 16.0 Å². The van der Waals surface area contributed by atoms with Crippen LogP contribution < -0.4 is 20.7 Å². The lowest BCUT2D eigenvalue weighted by Crippen LogP contribution is -2.37. The quantitative estimate of drug-likeness (QED) is 0.387. The van der Waals surface area contributed by atoms with Crippen LogP contribution in [-0.4, -0.2) is 47.4 Å². The van der Waals surface area contributed by atoms with Crippen LogP contribution in [0, 0.1) is 5.92 Å². The SMILES string of the molecule is CC(C)[C@@H](C)Nc1ccc(-c2ccc(C(=O)NS(=O)(=O)c3cccc(N)n3)c(N3[C@H](C)CC[C@@H]3C)n2)cn1. The molecule has 1 aliphatic rings. The van der Waals surface area contributed by atoms with Crippen molar-refractivity contribution in [1.82, 2.24) is 19.7 Å². The van der Waals surface area contributed by atoms with Crippen molar-refractivity contribution in [2.24, 2.45) is 5.92 Å². The van der Waals surface area contributed by atoms with Gasteiger partial charge in [0.2, 0.25) is 0 Å². The topological polar surface area (TPSA) is 143 Å². The number of carbonyl (C=O) groups is 1. The molecule has 0 radical (unpaired) electrons. The van der Waals surface area contributed by atoms with Gasteiger partial charge in [-0.3, -0.25) is 4.79 Å². The summed E-state index contributed by atoms with van der Waals surface area (Å²) in [6.45, 7) is 10.5. The maximum atomic E-state index is 13.3. The first-order valence-corrected chi connectivity index (χ1v) is 14.3. The Morgan fingerprint density at radius 3 is 2.34 bits per heavy atom. The predicted octanol–water partition coefficient (Wildman–Crippen LogP) is 4.07. The van der Waals surface area contributed by atoms with E-state index in [1.807, 2.05) is 12.1 Å². The molecule has 38 heavy (non-hydrogen) atoms. The Bertz CT molecular complexity index is 1400. The standard InChI is InChI=1S/C27H35N7O3S/c1-16(2)19(5)30-24-14-11-20(15-29-24)22-13-12-21(26(31-22)34-17(3)9-10-18(34)4)27(35)33-38(36,37)25-8-6-7-23(28)32-25/h6-8,11-19H,9-10H2,1-5H3,(H2,28,32)(H,29,30)(H,33,35)/t17-,18+,19-/m1/s1. The van der Waals surface area contributed by atoms with Gasteiger partial charge in [-0.05, 0) is 75.9 Å². The Morgan fingerprint density at radius 1 is 1.03 bits per heavy atom. The molecule has 1 aliphatic heterocycles. The summed E-state index contributed by atoms with van der Waals surface area (Å²) in [5.74, 6) is 0.926. The molecule has 1 saturated heterocycles. The third-order valence-electron chi connectivity index (χ3n) is 7.00. The Kier molecular flexibility index (Phi) is 7.86. The van der Waals surface area contributed by atoms with E-state index in [2.05, 4.69) is 59.5 Å². The second-order valence-corrected chi connectivity index (χ2v) is 11.8. The molecule has 0 aliphatic carbocycles. The summed E-state index contributed by atoms with van der Waals surface area (Å²) < 4.78 is 27.9. The molecule has 11 heteroatoms. The monoisotopic (exact) mass is 537 g/mol. The minimum Gasteiger partial charge on any atom is -0.384 e. The molecule has 0 unspecified atom stereocenters. The minimum absolute atomic E-state index is 0.0419. The zero-order chi connectivity index (χ0) is 27.6. The average Bonchev–Trinajstić information content (AvgIpc) is 3.21. The average molecular weight is 538 g/mol. The first-order valence-electron chi connectivity index (χ1n) is 12.8. The summed E-state index contributed by atoms with van der Waals surface area (Å²) >= 11 is 0. The van der Waals surface area contributed by atoms with Crippen molar-refractivity contribution >= 4 is 33.4 Å². The van der Waals surface area contributed by atoms with Crippen molar-refractivity contribution in [3.05, 3.63) is 54.2 Å². The van der Waals surface area contributed by atoms with Crippen LogP contribution in [-0.2, 0) is 10.0 Å². The molecular formula is C27H35N7O3S. The van der Waals surface area contributed by atoms with Crippen LogP contribution in [0.25, 0.3) is 11.3 Å². The molecule has 3 aromatic heterocycles. The van der Waals surface area contributed by atoms with Gasteiger partial charge in [0.15, 0.2) is 5.03 Å². The molecule has 0 bridgehead atoms. The predicted molar refractivity (Wildman–Crippen MR) is 149 cm³/mol. The number of nitrogens with two attached hydrogens (primary N) is 1. The van der Waals surface area contributed by atoms with Gasteiger partial charge in [0, 0.05) is 29.9 Å². The van der Waals surface area contributed by atoms with Crippen LogP contribution in [0.15, 0.2) is 53.7 Å². The smallest absolute Gasteiger partial charge is 0.281 e. The molecule has 0 saturated carbocycles. The first kappa shape index (κ1) is 27.3. The molecule has 3 atom stereocenters. The highest BCUT2D eigenvalue weighted by molar-refractivity contribution is 7.90. The number of pyridine rings is 3. The summed E-state index contributed by atoms with van der Waals surface area (Å²) in [7, 11) is -4.23. The number of rotatable bonds is 8. The third-order valence-corrected chi connectivity index (χ3v) is 8.23. The lowest BCUT2D eigenvalue weighted by atomic mass is 10.1. The molecule has 3 aromatic rings. The van der Waals surface area contributed by atoms with Gasteiger partial charge in [-0.1, -0.05) is 19.9 Å². The van der Waals surface area contributed by atoms with Crippen molar-refractivity contribution in [2.75, 3.05) is 16.0 Å². The fourth-order valence-corrected chi connectivity index (χ4v) is 5.38. The number of carbonyl (C=O) groups excluding carboxylic acids is 1. The molecule has 0 spiro atoms. The number of hydrogen-bond acceptors (Lipinski definition) is 9. The van der Waals surface area contributed by atoms with Gasteiger partial charge in [0.1, 0.15) is 17.5 Å². The van der Waals surface area contributed by atoms with E-state index in [0.29, 0.717) is 17.4 Å². The number of nitrogen functional groups attached to an aromatic ring is 1. The first-order chi connectivity index (χ1) is 18.0. The molecule has 0 aromatic carbocycles. The molecule has 1 fully saturated rings. The Hall–Kier alpha value is -3.73. The number of anilines is 3. The van der Waals surface area contributed by atoms with Crippen molar-refractivity contribution in [1.29, 1.82) is 0 Å². The van der Waals surface area contributed by atoms with Crippen molar-refractivity contribution < 1.29 is 13.2 Å². The van der Waals surface area contributed by atoms with Gasteiger partial charge in [0.05, 0.1) is 11.3 Å². The summed E-state index contributed by atoms with van der Waals surface area (Å²) in [5.41, 5.74) is 7.23. The van der Waals surface area contributed by atoms with Crippen LogP contribution in [0.4, 0.5) is 17.5 Å². The highest BCUT2D eigenvalue weighted by atomic mass is 32.2. The van der Waals surface area contributed by atoms with Gasteiger partial charge in [-0.2, -0.15) is 8.42 Å². The fraction of sp³-hybridized carbons (Fsp3) is 0.407. The molecular weight excluding hydrogens is 502 g/mol. The van der Waals surface area contributed by atoms with Crippen LogP contribution in [0.5, 0.6) is 0 Å². The molecule has 202 valence electrons. The van der Waals surface area contributed by atoms with Crippen LogP contribution in [0.3, 0.4) is 0 Å². The summed E-state index contributed by atoms with van der Waals surface area (Å²) in [4.78, 5) is 28.6. The van der Waals surface area contributed by atoms with Crippen LogP contribution in [0.2, 0.25) is 0 Å². The number of sulfonamides is 1. The van der Waals surface area contributed by atoms with Gasteiger partial charge >= 0.3 is 0 Å². The van der Waals surface area contributed by atoms with Gasteiger partial charge in [-0.15, -0.1) is 0 Å². The lowest BCUT2D eigenvalue weighted by molar-refractivity contribution is 0.0981. The van der Waals surface area contributed by atoms with Gasteiger partial charge in [0.25, 0.3) is 15.9 Å². The molecule has 4 rings (SSSR count). The number of nitrogens with zero attached hydrogens (tertiary/aromatic N) is 4. The molecule has 1 amide bonds. The van der Waals surface area contributed by atoms with E-state index in [-0.39, 0.29) is 34.5 Å². The lowest BCUT2D eigenvalue weighted by Gasteiger charge is -2.29. The second-order valence-electron chi connectivity index (χ2n) is 10.2. The molecule has 4 N–H and O–H groups in total. The molecule has 4 heterocycles. The maximum absolute atomic E-state index is 13.3. The summed E-state index contributed by atoms with van der Waals surface area (Å²) in [5, 5.41) is 3.06. The number of hydrogen-bond donors (Lipinski definition) is 3. The van der Waals surface area contributed by atoms with E-state index >= 15 is 0 Å². The number of nitrogens with one attached hydrogen (secondary N) is 2. The van der Waals surface area contributed by atoms with Crippen molar-refractivity contribution in [3.63, 3.8) is 0 Å². The Labute approximate surface area is 224 Å². The maximum Gasteiger partial charge on any atom is 0.281 e. The highest BCUT2D eigenvalue weighted by Gasteiger charge is 2.33. The summed E-state index contributed by atoms with van der Waals surface area (Å²) in [6.07, 6.45) is 3.62. The number of amides is 1. The van der Waals surface area contributed by atoms with Crippen LogP contribution in [0.1, 0.15) is 57.8 Å². The largest absolute Gasteiger partial charge is 0.384 e. The summed E-state index contributed by atoms with van der Waals surface area (Å²) in [6, 6.07) is 11.9. The molecule has 10 nitrogen and oxygen atoms in total. The van der Waals surface area contributed by atoms with E-state index in [4.69, 9.17) is 10.7 Å². The van der Waals surface area contributed by atoms with E-state index in [1.54, 1.807) is 18.3 Å². The van der Waals surface area contributed by atoms with Crippen LogP contribution >= 0.6 is 0 Å². The van der Waals surface area contributed by atoms with Crippen molar-refractivity contribution in [3.8, 4) is 11.3 Å². The Balaban J connectivity index is 1.68. The van der Waals surface area contributed by atoms with E-state index in [9.17, 15) is 13.2 Å². The minimum atomic E-state index is -4.23. The fourth-order valence-electron chi connectivity index (χ4n) is 4.44. The second kappa shape index (κ2) is 10.9. The zero-order valence-electron chi connectivity index (χ0n) is 22.3. The van der Waals surface area contributed by atoms with Crippen molar-refractivity contribution in [2.45, 2.75) is 70.6 Å². The van der Waals surface area contributed by atoms with Gasteiger partial charge in [-0.25, -0.2) is 19.7 Å². The van der Waals surface area contributed by atoms with E-state index < -0.39 is 15.9 Å². The number of aromatic nitrogens is 3. The van der Waals surface area contributed by atoms with E-state index in [0.717, 1.165) is 24.2 Å². The Morgan fingerprint density at radius 2 is 1.74 bits per heavy atom.